The molecule has 1 saturated heterocycles. The van der Waals surface area contributed by atoms with Crippen molar-refractivity contribution >= 4 is 51.5 Å². The van der Waals surface area contributed by atoms with Crippen LogP contribution in [0.4, 0.5) is 16.7 Å². The van der Waals surface area contributed by atoms with E-state index in [9.17, 15) is 9.59 Å². The predicted molar refractivity (Wildman–Crippen MR) is 118 cm³/mol. The summed E-state index contributed by atoms with van der Waals surface area (Å²) < 4.78 is 2.62. The number of carbonyl (C=O) groups excluding carboxylic acids is 2. The predicted octanol–water partition coefficient (Wildman–Crippen LogP) is 2.81. The molecule has 0 bridgehead atoms. The summed E-state index contributed by atoms with van der Waals surface area (Å²) in [5.41, 5.74) is 2.34. The summed E-state index contributed by atoms with van der Waals surface area (Å²) in [5, 5.41) is 15.8. The van der Waals surface area contributed by atoms with Gasteiger partial charge in [-0.2, -0.15) is 19.6 Å². The van der Waals surface area contributed by atoms with Crippen molar-refractivity contribution in [1.82, 2.24) is 30.2 Å². The Morgan fingerprint density at radius 1 is 1.19 bits per heavy atom. The number of urea groups is 1. The highest BCUT2D eigenvalue weighted by atomic mass is 79.9. The third-order valence-electron chi connectivity index (χ3n) is 5.04. The van der Waals surface area contributed by atoms with Gasteiger partial charge in [-0.25, -0.2) is 4.79 Å². The van der Waals surface area contributed by atoms with Crippen molar-refractivity contribution in [1.29, 1.82) is 0 Å². The number of rotatable bonds is 6. The molecular formula is C20H19BrN8O2. The van der Waals surface area contributed by atoms with Gasteiger partial charge in [0, 0.05) is 16.1 Å². The molecule has 1 atom stereocenters. The van der Waals surface area contributed by atoms with Gasteiger partial charge in [0.25, 0.3) is 5.91 Å². The average Bonchev–Trinajstić information content (AvgIpc) is 3.37. The molecule has 0 unspecified atom stereocenters. The lowest BCUT2D eigenvalue weighted by Gasteiger charge is -2.16. The van der Waals surface area contributed by atoms with Crippen LogP contribution in [0.15, 0.2) is 40.6 Å². The van der Waals surface area contributed by atoms with Gasteiger partial charge in [-0.15, -0.1) is 0 Å². The van der Waals surface area contributed by atoms with Crippen LogP contribution in [0, 0.1) is 0 Å². The fourth-order valence-corrected chi connectivity index (χ4v) is 3.50. The minimum atomic E-state index is -0.552. The van der Waals surface area contributed by atoms with Crippen LogP contribution in [0.1, 0.15) is 36.9 Å². The molecule has 1 aromatic carbocycles. The lowest BCUT2D eigenvalue weighted by Crippen LogP contribution is -2.22. The highest BCUT2D eigenvalue weighted by molar-refractivity contribution is 9.10. The largest absolute Gasteiger partial charge is 0.351 e. The molecule has 1 saturated carbocycles. The van der Waals surface area contributed by atoms with E-state index < -0.39 is 11.9 Å². The number of carbonyl (C=O) groups is 2. The van der Waals surface area contributed by atoms with E-state index in [0.29, 0.717) is 29.1 Å². The summed E-state index contributed by atoms with van der Waals surface area (Å²) in [6.07, 6.45) is 5.30. The first-order chi connectivity index (χ1) is 15.0. The molecule has 2 aliphatic rings. The molecule has 11 heteroatoms. The molecule has 0 radical (unpaired) electrons. The van der Waals surface area contributed by atoms with Crippen LogP contribution in [-0.2, 0) is 4.79 Å². The summed E-state index contributed by atoms with van der Waals surface area (Å²) >= 11 is 3.45. The van der Waals surface area contributed by atoms with Crippen LogP contribution in [0.3, 0.4) is 0 Å². The maximum atomic E-state index is 11.9. The van der Waals surface area contributed by atoms with Crippen molar-refractivity contribution in [2.45, 2.75) is 31.8 Å². The molecule has 3 heterocycles. The van der Waals surface area contributed by atoms with Crippen LogP contribution >= 0.6 is 15.9 Å². The number of amides is 3. The highest BCUT2D eigenvalue weighted by Gasteiger charge is 2.26. The Labute approximate surface area is 185 Å². The zero-order valence-corrected chi connectivity index (χ0v) is 18.1. The number of imide groups is 1. The summed E-state index contributed by atoms with van der Waals surface area (Å²) in [4.78, 5) is 32.6. The Hall–Kier alpha value is -3.47. The van der Waals surface area contributed by atoms with E-state index in [1.54, 1.807) is 16.8 Å². The third-order valence-corrected chi connectivity index (χ3v) is 5.57. The van der Waals surface area contributed by atoms with E-state index >= 15 is 0 Å². The zero-order chi connectivity index (χ0) is 21.5. The van der Waals surface area contributed by atoms with Crippen molar-refractivity contribution in [3.63, 3.8) is 0 Å². The Morgan fingerprint density at radius 3 is 2.65 bits per heavy atom. The first-order valence-corrected chi connectivity index (χ1v) is 10.6. The van der Waals surface area contributed by atoms with E-state index in [1.165, 1.54) is 0 Å². The molecule has 2 aromatic heterocycles. The van der Waals surface area contributed by atoms with Gasteiger partial charge in [0.1, 0.15) is 5.70 Å². The average molecular weight is 483 g/mol. The molecular weight excluding hydrogens is 464 g/mol. The number of anilines is 2. The van der Waals surface area contributed by atoms with Crippen LogP contribution in [0.2, 0.25) is 0 Å². The Kier molecular flexibility index (Phi) is 4.81. The first kappa shape index (κ1) is 19.5. The maximum absolute atomic E-state index is 11.9. The van der Waals surface area contributed by atoms with Crippen LogP contribution in [-0.4, -0.2) is 37.6 Å². The normalized spacial score (nSPS) is 18.2. The molecule has 0 spiro atoms. The molecule has 158 valence electrons. The maximum Gasteiger partial charge on any atom is 0.326 e. The van der Waals surface area contributed by atoms with Crippen molar-refractivity contribution in [3.8, 4) is 0 Å². The van der Waals surface area contributed by atoms with Gasteiger partial charge in [-0.1, -0.05) is 28.1 Å². The monoisotopic (exact) mass is 482 g/mol. The van der Waals surface area contributed by atoms with Gasteiger partial charge in [-0.05, 0) is 43.5 Å². The number of nitrogens with one attached hydrogen (secondary N) is 4. The summed E-state index contributed by atoms with van der Waals surface area (Å²) in [7, 11) is 0. The molecule has 1 aliphatic heterocycles. The molecule has 4 N–H and O–H groups in total. The van der Waals surface area contributed by atoms with Crippen LogP contribution in [0.25, 0.3) is 11.7 Å². The Bertz CT molecular complexity index is 1220. The number of aromatic nitrogens is 4. The molecule has 1 aliphatic carbocycles. The molecule has 3 amide bonds. The van der Waals surface area contributed by atoms with Gasteiger partial charge in [0.15, 0.2) is 5.65 Å². The quantitative estimate of drug-likeness (QED) is 0.314. The topological polar surface area (TPSA) is 125 Å². The van der Waals surface area contributed by atoms with Crippen LogP contribution < -0.4 is 21.3 Å². The van der Waals surface area contributed by atoms with Crippen molar-refractivity contribution < 1.29 is 9.59 Å². The van der Waals surface area contributed by atoms with E-state index in [0.717, 1.165) is 22.9 Å². The smallest absolute Gasteiger partial charge is 0.326 e. The highest BCUT2D eigenvalue weighted by Crippen LogP contribution is 2.27. The van der Waals surface area contributed by atoms with Crippen molar-refractivity contribution in [2.75, 3.05) is 10.6 Å². The SMILES string of the molecule is C[C@@H](Nc1nc(NC2CC2)n2ncc(/C=C3\NC(=O)NC3=O)c2n1)c1ccc(Br)cc1. The van der Waals surface area contributed by atoms with E-state index in [2.05, 4.69) is 52.3 Å². The van der Waals surface area contributed by atoms with Crippen molar-refractivity contribution in [2.24, 2.45) is 0 Å². The summed E-state index contributed by atoms with van der Waals surface area (Å²) in [5.74, 6) is 0.519. The zero-order valence-electron chi connectivity index (χ0n) is 16.5. The fraction of sp³-hybridized carbons (Fsp3) is 0.250. The Morgan fingerprint density at radius 2 is 1.97 bits per heavy atom. The standard InChI is InChI=1S/C20H19BrN8O2/c1-10(11-2-4-13(21)5-3-11)23-18-26-16-12(8-15-17(30)27-20(31)25-15)9-22-29(16)19(28-18)24-14-6-7-14/h2-5,8-10,14H,6-7H2,1H3,(H2,23,24,26,28)(H2,25,27,30,31)/b15-8-/t10-/m1/s1. The molecule has 31 heavy (non-hydrogen) atoms. The van der Waals surface area contributed by atoms with Gasteiger partial charge >= 0.3 is 6.03 Å². The van der Waals surface area contributed by atoms with E-state index in [-0.39, 0.29) is 11.7 Å². The fourth-order valence-electron chi connectivity index (χ4n) is 3.23. The van der Waals surface area contributed by atoms with Crippen molar-refractivity contribution in [3.05, 3.63) is 51.8 Å². The van der Waals surface area contributed by atoms with Gasteiger partial charge < -0.3 is 16.0 Å². The number of nitrogens with zero attached hydrogens (tertiary/aromatic N) is 4. The molecule has 10 nitrogen and oxygen atoms in total. The van der Waals surface area contributed by atoms with E-state index in [4.69, 9.17) is 0 Å². The molecule has 3 aromatic rings. The number of halogens is 1. The first-order valence-electron chi connectivity index (χ1n) is 9.84. The molecule has 2 fully saturated rings. The number of hydrogen-bond acceptors (Lipinski definition) is 7. The second-order valence-electron chi connectivity index (χ2n) is 7.51. The molecule has 5 rings (SSSR count). The summed E-state index contributed by atoms with van der Waals surface area (Å²) in [6.45, 7) is 2.03. The van der Waals surface area contributed by atoms with Gasteiger partial charge in [0.2, 0.25) is 11.9 Å². The van der Waals surface area contributed by atoms with E-state index in [1.807, 2.05) is 31.2 Å². The second kappa shape index (κ2) is 7.65. The lowest BCUT2D eigenvalue weighted by molar-refractivity contribution is -0.115. The van der Waals surface area contributed by atoms with Crippen LogP contribution in [0.5, 0.6) is 0 Å². The second-order valence-corrected chi connectivity index (χ2v) is 8.42. The van der Waals surface area contributed by atoms with Gasteiger partial charge in [0.05, 0.1) is 12.2 Å². The lowest BCUT2D eigenvalue weighted by atomic mass is 10.1. The third kappa shape index (κ3) is 4.08. The number of hydrogen-bond donors (Lipinski definition) is 4. The summed E-state index contributed by atoms with van der Waals surface area (Å²) in [6, 6.07) is 7.80. The number of benzene rings is 1. The minimum absolute atomic E-state index is 0.0334. The minimum Gasteiger partial charge on any atom is -0.351 e. The van der Waals surface area contributed by atoms with Gasteiger partial charge in [-0.3, -0.25) is 10.1 Å². The Balaban J connectivity index is 1.52. The number of fused-ring (bicyclic) bond motifs is 1.